The first-order valence-corrected chi connectivity index (χ1v) is 26.5. The minimum Gasteiger partial charge on any atom is -0.459 e. The van der Waals surface area contributed by atoms with E-state index in [1.54, 1.807) is 67.2 Å². The van der Waals surface area contributed by atoms with E-state index >= 15 is 0 Å². The van der Waals surface area contributed by atoms with Crippen molar-refractivity contribution in [2.45, 2.75) is 197 Å². The predicted octanol–water partition coefficient (Wildman–Crippen LogP) is 4.67. The third-order valence-corrected chi connectivity index (χ3v) is 16.9. The molecular weight excluding hydrogens is 958 g/mol. The highest BCUT2D eigenvalue weighted by Gasteiger charge is 2.55. The van der Waals surface area contributed by atoms with Crippen LogP contribution in [-0.2, 0) is 39.6 Å². The van der Waals surface area contributed by atoms with Crippen LogP contribution in [0.15, 0.2) is 42.9 Å². The zero-order valence-corrected chi connectivity index (χ0v) is 46.2. The van der Waals surface area contributed by atoms with Gasteiger partial charge in [-0.15, -0.1) is 5.10 Å². The summed E-state index contributed by atoms with van der Waals surface area (Å²) in [5.41, 5.74) is -1.23. The van der Waals surface area contributed by atoms with Crippen molar-refractivity contribution in [1.82, 2.24) is 35.0 Å². The molecule has 0 amide bonds. The summed E-state index contributed by atoms with van der Waals surface area (Å²) in [4.78, 5) is 18.6. The van der Waals surface area contributed by atoms with E-state index in [-0.39, 0.29) is 31.3 Å². The lowest BCUT2D eigenvalue weighted by atomic mass is 9.68. The van der Waals surface area contributed by atoms with Crippen LogP contribution in [0, 0.1) is 23.7 Å². The zero-order chi connectivity index (χ0) is 54.6. The van der Waals surface area contributed by atoms with Gasteiger partial charge in [-0.05, 0) is 97.9 Å². The van der Waals surface area contributed by atoms with Crippen molar-refractivity contribution in [2.24, 2.45) is 23.7 Å². The second kappa shape index (κ2) is 24.9. The molecule has 3 fully saturated rings. The molecular formula is C54H88FN7O12. The Hall–Kier alpha value is -3.51. The number of aliphatic hydroxyl groups excluding tert-OH is 3. The number of carbonyl (C=O) groups excluding carboxylic acids is 1. The average Bonchev–Trinajstić information content (AvgIpc) is 4.08. The van der Waals surface area contributed by atoms with E-state index in [0.717, 1.165) is 16.7 Å². The summed E-state index contributed by atoms with van der Waals surface area (Å²) < 4.78 is 54.4. The first kappa shape index (κ1) is 59.7. The highest BCUT2D eigenvalue weighted by molar-refractivity contribution is 5.73. The highest BCUT2D eigenvalue weighted by Crippen LogP contribution is 2.45. The van der Waals surface area contributed by atoms with Gasteiger partial charge in [-0.25, -0.2) is 9.07 Å². The van der Waals surface area contributed by atoms with Crippen molar-refractivity contribution in [2.75, 3.05) is 48.1 Å². The van der Waals surface area contributed by atoms with Crippen LogP contribution in [0.5, 0.6) is 0 Å². The number of methoxy groups -OCH3 is 2. The van der Waals surface area contributed by atoms with Crippen LogP contribution in [-0.4, -0.2) is 199 Å². The maximum Gasteiger partial charge on any atom is 0.309 e. The summed E-state index contributed by atoms with van der Waals surface area (Å²) in [6.45, 7) is 17.9. The van der Waals surface area contributed by atoms with Crippen molar-refractivity contribution in [3.8, 4) is 11.1 Å². The number of nitrogens with one attached hydrogen (secondary N) is 1. The first-order chi connectivity index (χ1) is 34.8. The monoisotopic (exact) mass is 1050 g/mol. The van der Waals surface area contributed by atoms with Gasteiger partial charge in [0.05, 0.1) is 53.4 Å². The van der Waals surface area contributed by atoms with Gasteiger partial charge in [0.15, 0.2) is 6.29 Å². The number of aromatic amines is 1. The van der Waals surface area contributed by atoms with Crippen molar-refractivity contribution in [1.29, 1.82) is 0 Å². The number of halogens is 1. The van der Waals surface area contributed by atoms with Gasteiger partial charge in [0, 0.05) is 76.1 Å². The first-order valence-electron chi connectivity index (χ1n) is 26.5. The number of aromatic nitrogens is 5. The van der Waals surface area contributed by atoms with Crippen molar-refractivity contribution in [3.05, 3.63) is 54.1 Å². The average molecular weight is 1050 g/mol. The number of alkyl halides is 1. The Kier molecular flexibility index (Phi) is 20.1. The van der Waals surface area contributed by atoms with Crippen LogP contribution < -0.4 is 0 Å². The van der Waals surface area contributed by atoms with E-state index in [1.807, 2.05) is 68.9 Å². The van der Waals surface area contributed by atoms with Crippen LogP contribution in [0.1, 0.15) is 118 Å². The molecule has 3 aliphatic heterocycles. The molecule has 1 aromatic carbocycles. The van der Waals surface area contributed by atoms with Crippen LogP contribution in [0.4, 0.5) is 4.39 Å². The van der Waals surface area contributed by atoms with E-state index in [9.17, 15) is 34.7 Å². The number of esters is 1. The largest absolute Gasteiger partial charge is 0.459 e. The number of aliphatic hydroxyl groups is 5. The van der Waals surface area contributed by atoms with E-state index in [4.69, 9.17) is 28.4 Å². The smallest absolute Gasteiger partial charge is 0.309 e. The number of likely N-dealkylation sites (N-methyl/N-ethyl adjacent to an activating group) is 2. The Labute approximate surface area is 437 Å². The minimum atomic E-state index is -1.83. The molecule has 20 heteroatoms. The fraction of sp³-hybridized carbons (Fsp3) is 0.778. The number of benzene rings is 1. The number of hydrogen-bond acceptors (Lipinski definition) is 17. The molecule has 0 saturated carbocycles. The second-order valence-electron chi connectivity index (χ2n) is 22.7. The van der Waals surface area contributed by atoms with Gasteiger partial charge in [0.1, 0.15) is 48.8 Å². The number of rotatable bonds is 15. The summed E-state index contributed by atoms with van der Waals surface area (Å²) >= 11 is 0. The summed E-state index contributed by atoms with van der Waals surface area (Å²) in [7, 11) is 6.81. The molecule has 1 unspecified atom stereocenters. The zero-order valence-electron chi connectivity index (χ0n) is 46.2. The van der Waals surface area contributed by atoms with Crippen LogP contribution in [0.25, 0.3) is 11.1 Å². The van der Waals surface area contributed by atoms with Crippen molar-refractivity contribution < 1.29 is 63.1 Å². The lowest BCUT2D eigenvalue weighted by Gasteiger charge is -2.51. The lowest BCUT2D eigenvalue weighted by molar-refractivity contribution is -0.302. The third kappa shape index (κ3) is 13.1. The standard InChI is InChI=1S/C54H88FN7O12/c1-15-43-54(10,68)47(64)34(6)61(12)28-30(2)23-52(8,67)49(32(4)44(33(5)50(66)73-43)42-24-53(9,70-14)48(65)35(7)72-42)74-51-45(63)40(22-31(3)71-51)60(11)21-20-39-29-62(59-58-39)41(25-55)46(69-13)37-18-16-36(17-19-37)38-26-56-57-27-38/h16-19,26-27,29-35,40-49,51,63-65,67-68H,15,20-25,28H2,1-14H3,(H,56,57)/t30-,31-,32+,33-,34-,35+,40+,41-,42?,43-,44+,45-,46-,47-,48+,49-,51+,52-,53-,54-/m1/s1. The van der Waals surface area contributed by atoms with E-state index in [1.165, 1.54) is 18.7 Å². The fourth-order valence-corrected chi connectivity index (χ4v) is 12.3. The van der Waals surface area contributed by atoms with Gasteiger partial charge in [0.25, 0.3) is 0 Å². The Morgan fingerprint density at radius 3 is 2.28 bits per heavy atom. The van der Waals surface area contributed by atoms with Crippen molar-refractivity contribution >= 4 is 5.97 Å². The Bertz CT molecular complexity index is 2200. The number of cyclic esters (lactones) is 1. The number of nitrogens with zero attached hydrogens (tertiary/aromatic N) is 6. The lowest BCUT2D eigenvalue weighted by Crippen LogP contribution is -2.62. The van der Waals surface area contributed by atoms with E-state index in [2.05, 4.69) is 20.5 Å². The molecule has 6 rings (SSSR count). The van der Waals surface area contributed by atoms with Gasteiger partial charge in [-0.1, -0.05) is 57.2 Å². The number of H-pyrrole nitrogens is 1. The van der Waals surface area contributed by atoms with E-state index < -0.39 is 120 Å². The maximum atomic E-state index is 14.9. The summed E-state index contributed by atoms with van der Waals surface area (Å²) in [6, 6.07) is 5.85. The molecule has 19 nitrogen and oxygen atoms in total. The SMILES string of the molecule is CC[C@H]1OC(=O)[C@H](C)[C@@H](C2C[C@@](C)(OC)[C@@H](O)[C@H](C)O2)[C@H](C)[C@@H](O[C@@H]2O[C@H](C)C[C@H](N(C)CCc3cn([C@H](CF)[C@H](OC)c4ccc(-c5cn[nH]c5)cc4)nn3)[C@H]2O)[C@](C)(O)C[C@@H](C)CN(C)[C@H](C)[C@@H](O)[C@]1(C)O. The quantitative estimate of drug-likeness (QED) is 0.113. The van der Waals surface area contributed by atoms with Gasteiger partial charge < -0.3 is 63.8 Å². The Balaban J connectivity index is 1.27. The molecule has 0 aliphatic carbocycles. The summed E-state index contributed by atoms with van der Waals surface area (Å²) in [5, 5.41) is 75.8. The van der Waals surface area contributed by atoms with Gasteiger partial charge in [-0.3, -0.25) is 9.89 Å². The molecule has 20 atom stereocenters. The molecule has 418 valence electrons. The van der Waals surface area contributed by atoms with Gasteiger partial charge >= 0.3 is 5.97 Å². The van der Waals surface area contributed by atoms with E-state index in [0.29, 0.717) is 31.6 Å². The number of hydrogen-bond donors (Lipinski definition) is 6. The second-order valence-corrected chi connectivity index (χ2v) is 22.7. The molecule has 3 aliphatic rings. The molecule has 3 aromatic rings. The Morgan fingerprint density at radius 2 is 1.68 bits per heavy atom. The molecule has 0 bridgehead atoms. The molecule has 5 heterocycles. The topological polar surface area (TPSA) is 239 Å². The summed E-state index contributed by atoms with van der Waals surface area (Å²) in [6.07, 6.45) is -2.69. The van der Waals surface area contributed by atoms with Gasteiger partial charge in [0.2, 0.25) is 0 Å². The highest BCUT2D eigenvalue weighted by atomic mass is 19.1. The number of carbonyl (C=O) groups is 1. The fourth-order valence-electron chi connectivity index (χ4n) is 12.3. The molecule has 74 heavy (non-hydrogen) atoms. The van der Waals surface area contributed by atoms with Crippen LogP contribution in [0.3, 0.4) is 0 Å². The van der Waals surface area contributed by atoms with Crippen LogP contribution in [0.2, 0.25) is 0 Å². The summed E-state index contributed by atoms with van der Waals surface area (Å²) in [5.74, 6) is -3.25. The maximum absolute atomic E-state index is 14.9. The molecule has 3 saturated heterocycles. The minimum absolute atomic E-state index is 0.172. The molecule has 6 N–H and O–H groups in total. The normalized spacial score (nSPS) is 39.3. The number of ether oxygens (including phenoxy) is 6. The molecule has 2 aromatic heterocycles. The van der Waals surface area contributed by atoms with Crippen LogP contribution >= 0.6 is 0 Å². The third-order valence-electron chi connectivity index (χ3n) is 16.9. The molecule has 0 radical (unpaired) electrons. The van der Waals surface area contributed by atoms with Gasteiger partial charge in [-0.2, -0.15) is 5.10 Å². The molecule has 0 spiro atoms. The Morgan fingerprint density at radius 1 is 0.986 bits per heavy atom. The predicted molar refractivity (Wildman–Crippen MR) is 274 cm³/mol. The van der Waals surface area contributed by atoms with Crippen molar-refractivity contribution in [3.63, 3.8) is 0 Å².